The van der Waals surface area contributed by atoms with Crippen molar-refractivity contribution in [1.29, 1.82) is 0 Å². The minimum Gasteiger partial charge on any atom is -0.349 e. The molecule has 7 heteroatoms. The van der Waals surface area contributed by atoms with E-state index < -0.39 is 0 Å². The smallest absolute Gasteiger partial charge is 0.240 e. The van der Waals surface area contributed by atoms with Crippen LogP contribution in [0.3, 0.4) is 0 Å². The van der Waals surface area contributed by atoms with Crippen LogP contribution in [0.1, 0.15) is 38.4 Å². The van der Waals surface area contributed by atoms with Crippen molar-refractivity contribution in [3.8, 4) is 0 Å². The molecule has 3 heterocycles. The fourth-order valence-corrected chi connectivity index (χ4v) is 3.70. The summed E-state index contributed by atoms with van der Waals surface area (Å²) in [5, 5.41) is 5.92. The highest BCUT2D eigenvalue weighted by molar-refractivity contribution is 8.14. The molecule has 0 N–H and O–H groups in total. The van der Waals surface area contributed by atoms with Gasteiger partial charge < -0.3 is 9.42 Å². The van der Waals surface area contributed by atoms with Gasteiger partial charge in [-0.2, -0.15) is 4.98 Å². The van der Waals surface area contributed by atoms with Gasteiger partial charge in [0.05, 0.1) is 13.1 Å². The summed E-state index contributed by atoms with van der Waals surface area (Å²) in [7, 11) is 0. The number of hydrogen-bond acceptors (Lipinski definition) is 7. The fraction of sp³-hybridized carbons (Fsp3) is 0.800. The van der Waals surface area contributed by atoms with Crippen LogP contribution in [0.15, 0.2) is 9.52 Å². The number of piperazine rings is 1. The van der Waals surface area contributed by atoms with Crippen molar-refractivity contribution in [1.82, 2.24) is 19.9 Å². The molecular weight excluding hydrogens is 298 g/mol. The maximum Gasteiger partial charge on any atom is 0.240 e. The third-order valence-corrected chi connectivity index (χ3v) is 5.21. The molecule has 0 aliphatic carbocycles. The topological polar surface area (TPSA) is 57.8 Å². The number of amidine groups is 1. The van der Waals surface area contributed by atoms with Gasteiger partial charge in [0.1, 0.15) is 0 Å². The Labute approximate surface area is 136 Å². The molecule has 0 amide bonds. The van der Waals surface area contributed by atoms with Crippen LogP contribution in [0.25, 0.3) is 0 Å². The number of rotatable bonds is 5. The lowest BCUT2D eigenvalue weighted by Gasteiger charge is -2.34. The van der Waals surface area contributed by atoms with Crippen molar-refractivity contribution in [2.45, 2.75) is 44.9 Å². The molecule has 0 aromatic carbocycles. The Hall–Kier alpha value is -1.08. The van der Waals surface area contributed by atoms with E-state index in [1.807, 2.05) is 11.8 Å². The maximum atomic E-state index is 5.36. The van der Waals surface area contributed by atoms with E-state index in [2.05, 4.69) is 38.8 Å². The zero-order chi connectivity index (χ0) is 15.4. The summed E-state index contributed by atoms with van der Waals surface area (Å²) in [6, 6.07) is 0. The zero-order valence-corrected chi connectivity index (χ0v) is 14.3. The van der Waals surface area contributed by atoms with Crippen LogP contribution in [0.5, 0.6) is 0 Å². The third kappa shape index (κ3) is 4.01. The molecule has 122 valence electrons. The number of unbranched alkanes of at least 4 members (excludes halogenated alkanes) is 1. The van der Waals surface area contributed by atoms with E-state index in [4.69, 9.17) is 4.52 Å². The molecule has 0 bridgehead atoms. The molecule has 1 aromatic rings. The summed E-state index contributed by atoms with van der Waals surface area (Å²) in [4.78, 5) is 13.9. The Morgan fingerprint density at radius 1 is 1.27 bits per heavy atom. The Morgan fingerprint density at radius 3 is 2.77 bits per heavy atom. The quantitative estimate of drug-likeness (QED) is 0.826. The standard InChI is InChI=1S/C15H25N5OS/c1-3-4-5-13-17-14(21-18-13)11-19-6-8-20(9-7-19)15-16-10-12(2)22-15/h12H,3-11H2,1-2H3/t12-/m0/s1. The fourth-order valence-electron chi connectivity index (χ4n) is 2.72. The van der Waals surface area contributed by atoms with Crippen molar-refractivity contribution in [3.63, 3.8) is 0 Å². The van der Waals surface area contributed by atoms with Gasteiger partial charge in [-0.3, -0.25) is 9.89 Å². The average molecular weight is 323 g/mol. The first-order valence-electron chi connectivity index (χ1n) is 8.24. The predicted octanol–water partition coefficient (Wildman–Crippen LogP) is 2.02. The van der Waals surface area contributed by atoms with Crippen molar-refractivity contribution < 1.29 is 4.52 Å². The first-order chi connectivity index (χ1) is 10.7. The number of thioether (sulfide) groups is 1. The normalized spacial score (nSPS) is 23.1. The SMILES string of the molecule is CCCCc1noc(CN2CCN(C3=NC[C@H](C)S3)CC2)n1. The minimum absolute atomic E-state index is 0.632. The van der Waals surface area contributed by atoms with E-state index in [9.17, 15) is 0 Å². The van der Waals surface area contributed by atoms with Crippen LogP contribution in [-0.2, 0) is 13.0 Å². The van der Waals surface area contributed by atoms with Gasteiger partial charge in [0.25, 0.3) is 0 Å². The molecule has 2 aliphatic heterocycles. The van der Waals surface area contributed by atoms with Crippen LogP contribution >= 0.6 is 11.8 Å². The van der Waals surface area contributed by atoms with Gasteiger partial charge in [0.15, 0.2) is 11.0 Å². The lowest BCUT2D eigenvalue weighted by Crippen LogP contribution is -2.47. The first kappa shape index (κ1) is 15.8. The minimum atomic E-state index is 0.632. The van der Waals surface area contributed by atoms with Crippen LogP contribution in [0.4, 0.5) is 0 Å². The molecule has 0 unspecified atom stereocenters. The molecule has 3 rings (SSSR count). The van der Waals surface area contributed by atoms with Gasteiger partial charge in [-0.25, -0.2) is 0 Å². The van der Waals surface area contributed by atoms with E-state index in [0.29, 0.717) is 5.25 Å². The van der Waals surface area contributed by atoms with Crippen molar-refractivity contribution in [3.05, 3.63) is 11.7 Å². The summed E-state index contributed by atoms with van der Waals surface area (Å²) in [5.41, 5.74) is 0. The van der Waals surface area contributed by atoms with E-state index >= 15 is 0 Å². The van der Waals surface area contributed by atoms with Gasteiger partial charge in [-0.05, 0) is 6.42 Å². The number of nitrogens with zero attached hydrogens (tertiary/aromatic N) is 5. The van der Waals surface area contributed by atoms with E-state index in [1.165, 1.54) is 5.17 Å². The lowest BCUT2D eigenvalue weighted by atomic mass is 10.2. The molecule has 1 fully saturated rings. The molecule has 1 aromatic heterocycles. The molecule has 6 nitrogen and oxygen atoms in total. The summed E-state index contributed by atoms with van der Waals surface area (Å²) < 4.78 is 5.36. The van der Waals surface area contributed by atoms with Crippen LogP contribution in [0.2, 0.25) is 0 Å². The zero-order valence-electron chi connectivity index (χ0n) is 13.5. The Morgan fingerprint density at radius 2 is 2.09 bits per heavy atom. The number of aromatic nitrogens is 2. The van der Waals surface area contributed by atoms with Crippen molar-refractivity contribution in [2.24, 2.45) is 4.99 Å². The van der Waals surface area contributed by atoms with Gasteiger partial charge in [-0.15, -0.1) is 0 Å². The van der Waals surface area contributed by atoms with Gasteiger partial charge in [0.2, 0.25) is 5.89 Å². The highest BCUT2D eigenvalue weighted by Crippen LogP contribution is 2.23. The molecule has 2 aliphatic rings. The Kier molecular flexibility index (Phi) is 5.36. The first-order valence-corrected chi connectivity index (χ1v) is 9.12. The third-order valence-electron chi connectivity index (χ3n) is 4.06. The van der Waals surface area contributed by atoms with Crippen LogP contribution in [0, 0.1) is 0 Å². The molecule has 22 heavy (non-hydrogen) atoms. The second-order valence-electron chi connectivity index (χ2n) is 6.02. The Balaban J connectivity index is 1.44. The highest BCUT2D eigenvalue weighted by Gasteiger charge is 2.25. The number of hydrogen-bond donors (Lipinski definition) is 0. The molecule has 0 saturated carbocycles. The second-order valence-corrected chi connectivity index (χ2v) is 7.43. The molecule has 0 radical (unpaired) electrons. The predicted molar refractivity (Wildman–Crippen MR) is 89.1 cm³/mol. The van der Waals surface area contributed by atoms with Gasteiger partial charge in [0, 0.05) is 37.8 Å². The maximum absolute atomic E-state index is 5.36. The van der Waals surface area contributed by atoms with Crippen molar-refractivity contribution in [2.75, 3.05) is 32.7 Å². The molecular formula is C15H25N5OS. The summed E-state index contributed by atoms with van der Waals surface area (Å²) in [5.74, 6) is 1.60. The van der Waals surface area contributed by atoms with E-state index in [-0.39, 0.29) is 0 Å². The van der Waals surface area contributed by atoms with E-state index in [0.717, 1.165) is 70.2 Å². The Bertz CT molecular complexity index is 510. The van der Waals surface area contributed by atoms with Crippen LogP contribution in [-0.4, -0.2) is 63.1 Å². The highest BCUT2D eigenvalue weighted by atomic mass is 32.2. The lowest BCUT2D eigenvalue weighted by molar-refractivity contribution is 0.159. The van der Waals surface area contributed by atoms with Gasteiger partial charge in [-0.1, -0.05) is 37.2 Å². The van der Waals surface area contributed by atoms with E-state index in [1.54, 1.807) is 0 Å². The number of aliphatic imine (C=N–C) groups is 1. The average Bonchev–Trinajstić information content (AvgIpc) is 3.15. The molecule has 0 spiro atoms. The molecule has 1 atom stereocenters. The van der Waals surface area contributed by atoms with Gasteiger partial charge >= 0.3 is 0 Å². The second kappa shape index (κ2) is 7.46. The summed E-state index contributed by atoms with van der Waals surface area (Å²) in [6.45, 7) is 10.3. The molecule has 1 saturated heterocycles. The summed E-state index contributed by atoms with van der Waals surface area (Å²) >= 11 is 1.90. The monoisotopic (exact) mass is 323 g/mol. The van der Waals surface area contributed by atoms with Crippen LogP contribution < -0.4 is 0 Å². The largest absolute Gasteiger partial charge is 0.349 e. The summed E-state index contributed by atoms with van der Waals surface area (Å²) in [6.07, 6.45) is 3.20. The van der Waals surface area contributed by atoms with Crippen molar-refractivity contribution >= 4 is 16.9 Å². The number of aryl methyl sites for hydroxylation is 1.